The van der Waals surface area contributed by atoms with E-state index in [9.17, 15) is 9.18 Å². The number of carbonyl (C=O) groups is 1. The molecule has 32 heavy (non-hydrogen) atoms. The number of amides is 1. The van der Waals surface area contributed by atoms with Gasteiger partial charge >= 0.3 is 0 Å². The quantitative estimate of drug-likeness (QED) is 0.435. The Morgan fingerprint density at radius 3 is 2.34 bits per heavy atom. The van der Waals surface area contributed by atoms with E-state index >= 15 is 0 Å². The topological polar surface area (TPSA) is 37.3 Å². The highest BCUT2D eigenvalue weighted by molar-refractivity contribution is 5.97. The second-order valence-corrected chi connectivity index (χ2v) is 8.25. The number of carbonyl (C=O) groups excluding carboxylic acids is 1. The van der Waals surface area contributed by atoms with Crippen molar-refractivity contribution in [1.82, 2.24) is 14.8 Å². The van der Waals surface area contributed by atoms with Crippen LogP contribution in [0.4, 0.5) is 4.39 Å². The van der Waals surface area contributed by atoms with Crippen molar-refractivity contribution in [3.8, 4) is 16.9 Å². The molecule has 0 aliphatic carbocycles. The van der Waals surface area contributed by atoms with Crippen molar-refractivity contribution >= 4 is 5.91 Å². The van der Waals surface area contributed by atoms with Crippen molar-refractivity contribution in [3.05, 3.63) is 77.7 Å². The van der Waals surface area contributed by atoms with Gasteiger partial charge in [0.1, 0.15) is 5.82 Å². The fourth-order valence-corrected chi connectivity index (χ4v) is 4.11. The van der Waals surface area contributed by atoms with Crippen LogP contribution in [0.2, 0.25) is 0 Å². The van der Waals surface area contributed by atoms with E-state index in [0.29, 0.717) is 5.56 Å². The van der Waals surface area contributed by atoms with Crippen molar-refractivity contribution in [2.45, 2.75) is 46.6 Å². The Kier molecular flexibility index (Phi) is 8.23. The molecule has 0 bridgehead atoms. The molecule has 3 rings (SSSR count). The summed E-state index contributed by atoms with van der Waals surface area (Å²) < 4.78 is 15.6. The number of rotatable bonds is 10. The molecule has 1 heterocycles. The molecule has 0 saturated heterocycles. The maximum atomic E-state index is 13.5. The molecule has 1 atom stereocenters. The summed E-state index contributed by atoms with van der Waals surface area (Å²) in [6.45, 7) is 11.5. The van der Waals surface area contributed by atoms with E-state index in [1.165, 1.54) is 12.1 Å². The van der Waals surface area contributed by atoms with Gasteiger partial charge in [-0.1, -0.05) is 32.0 Å². The molecule has 2 aromatic carbocycles. The van der Waals surface area contributed by atoms with Crippen LogP contribution < -0.4 is 5.32 Å². The molecule has 0 fully saturated rings. The lowest BCUT2D eigenvalue weighted by molar-refractivity contribution is 0.0936. The number of halogens is 1. The summed E-state index contributed by atoms with van der Waals surface area (Å²) in [6, 6.07) is 18.3. The largest absolute Gasteiger partial charge is 0.350 e. The van der Waals surface area contributed by atoms with Gasteiger partial charge in [-0.25, -0.2) is 4.39 Å². The Bertz CT molecular complexity index is 1010. The zero-order valence-electron chi connectivity index (χ0n) is 19.6. The molecule has 1 amide bonds. The van der Waals surface area contributed by atoms with E-state index in [1.807, 2.05) is 43.3 Å². The Hall–Kier alpha value is -2.92. The van der Waals surface area contributed by atoms with Gasteiger partial charge in [-0.3, -0.25) is 4.79 Å². The summed E-state index contributed by atoms with van der Waals surface area (Å²) in [4.78, 5) is 15.6. The van der Waals surface area contributed by atoms with Gasteiger partial charge < -0.3 is 14.8 Å². The predicted molar refractivity (Wildman–Crippen MR) is 130 cm³/mol. The minimum atomic E-state index is -0.278. The molecule has 0 spiro atoms. The number of hydrogen-bond donors (Lipinski definition) is 1. The Morgan fingerprint density at radius 2 is 1.72 bits per heavy atom. The van der Waals surface area contributed by atoms with Gasteiger partial charge in [0.15, 0.2) is 0 Å². The molecular formula is C27H34FN3O. The van der Waals surface area contributed by atoms with Crippen LogP contribution in [-0.2, 0) is 0 Å². The van der Waals surface area contributed by atoms with Gasteiger partial charge in [-0.05, 0) is 94.4 Å². The minimum Gasteiger partial charge on any atom is -0.350 e. The number of nitrogens with one attached hydrogen (secondary N) is 1. The van der Waals surface area contributed by atoms with E-state index in [-0.39, 0.29) is 17.8 Å². The normalized spacial score (nSPS) is 12.2. The zero-order chi connectivity index (χ0) is 23.1. The van der Waals surface area contributed by atoms with Crippen LogP contribution in [0.25, 0.3) is 16.9 Å². The van der Waals surface area contributed by atoms with Gasteiger partial charge in [0.2, 0.25) is 0 Å². The maximum absolute atomic E-state index is 13.5. The number of para-hydroxylation sites is 1. The summed E-state index contributed by atoms with van der Waals surface area (Å²) in [5, 5.41) is 3.17. The Morgan fingerprint density at radius 1 is 1.06 bits per heavy atom. The van der Waals surface area contributed by atoms with Crippen molar-refractivity contribution in [2.24, 2.45) is 0 Å². The lowest BCUT2D eigenvalue weighted by Crippen LogP contribution is -2.34. The van der Waals surface area contributed by atoms with Crippen LogP contribution in [0.15, 0.2) is 60.7 Å². The molecule has 0 saturated carbocycles. The van der Waals surface area contributed by atoms with Crippen molar-refractivity contribution < 1.29 is 9.18 Å². The van der Waals surface area contributed by atoms with Crippen LogP contribution in [0.1, 0.15) is 49.7 Å². The van der Waals surface area contributed by atoms with E-state index < -0.39 is 0 Å². The van der Waals surface area contributed by atoms with E-state index in [1.54, 1.807) is 12.1 Å². The van der Waals surface area contributed by atoms with E-state index in [4.69, 9.17) is 0 Å². The van der Waals surface area contributed by atoms with Crippen LogP contribution in [0, 0.1) is 12.7 Å². The molecule has 5 heteroatoms. The average molecular weight is 436 g/mol. The smallest absolute Gasteiger partial charge is 0.253 e. The van der Waals surface area contributed by atoms with Crippen molar-refractivity contribution in [2.75, 3.05) is 19.6 Å². The molecule has 3 aromatic rings. The van der Waals surface area contributed by atoms with Crippen LogP contribution in [0.5, 0.6) is 0 Å². The summed E-state index contributed by atoms with van der Waals surface area (Å²) in [5.74, 6) is -0.351. The number of hydrogen-bond acceptors (Lipinski definition) is 2. The first-order chi connectivity index (χ1) is 15.4. The molecule has 170 valence electrons. The minimum absolute atomic E-state index is 0.0733. The summed E-state index contributed by atoms with van der Waals surface area (Å²) in [5.41, 5.74) is 4.21. The lowest BCUT2D eigenvalue weighted by Gasteiger charge is -2.19. The summed E-state index contributed by atoms with van der Waals surface area (Å²) >= 11 is 0. The van der Waals surface area contributed by atoms with Gasteiger partial charge in [-0.2, -0.15) is 0 Å². The number of aromatic nitrogens is 1. The number of benzene rings is 2. The second-order valence-electron chi connectivity index (χ2n) is 8.25. The van der Waals surface area contributed by atoms with E-state index in [2.05, 4.69) is 35.6 Å². The van der Waals surface area contributed by atoms with Gasteiger partial charge in [0.05, 0.1) is 11.3 Å². The second kappa shape index (κ2) is 11.1. The Balaban J connectivity index is 1.84. The van der Waals surface area contributed by atoms with Crippen LogP contribution in [0.3, 0.4) is 0 Å². The summed E-state index contributed by atoms with van der Waals surface area (Å²) in [7, 11) is 0. The number of nitrogens with zero attached hydrogens (tertiary/aromatic N) is 2. The monoisotopic (exact) mass is 435 g/mol. The average Bonchev–Trinajstić information content (AvgIpc) is 3.15. The SMILES string of the molecule is CCN(CC)CCC[C@@H](C)NC(=O)c1cc(-c2ccc(F)cc2)n(-c2ccccc2)c1C. The molecule has 1 aromatic heterocycles. The molecule has 0 aliphatic heterocycles. The standard InChI is InChI=1S/C27H34FN3O/c1-5-30(6-2)18-10-11-20(3)29-27(32)25-19-26(22-14-16-23(28)17-15-22)31(21(25)4)24-12-8-7-9-13-24/h7-9,12-17,19-20H,5-6,10-11,18H2,1-4H3,(H,29,32)/t20-/m1/s1. The van der Waals surface area contributed by atoms with Crippen LogP contribution >= 0.6 is 0 Å². The molecule has 0 radical (unpaired) electrons. The molecule has 1 N–H and O–H groups in total. The Labute approximate surface area is 191 Å². The third kappa shape index (κ3) is 5.65. The van der Waals surface area contributed by atoms with Crippen molar-refractivity contribution in [3.63, 3.8) is 0 Å². The predicted octanol–water partition coefficient (Wildman–Crippen LogP) is 5.83. The highest BCUT2D eigenvalue weighted by Crippen LogP contribution is 2.30. The first kappa shape index (κ1) is 23.7. The fourth-order valence-electron chi connectivity index (χ4n) is 4.11. The molecule has 0 aliphatic rings. The zero-order valence-corrected chi connectivity index (χ0v) is 19.6. The van der Waals surface area contributed by atoms with E-state index in [0.717, 1.165) is 55.1 Å². The third-order valence-corrected chi connectivity index (χ3v) is 6.03. The van der Waals surface area contributed by atoms with Gasteiger partial charge in [-0.15, -0.1) is 0 Å². The van der Waals surface area contributed by atoms with Crippen LogP contribution in [-0.4, -0.2) is 41.1 Å². The first-order valence-corrected chi connectivity index (χ1v) is 11.5. The summed E-state index contributed by atoms with van der Waals surface area (Å²) in [6.07, 6.45) is 1.99. The highest BCUT2D eigenvalue weighted by Gasteiger charge is 2.20. The molecular weight excluding hydrogens is 401 g/mol. The highest BCUT2D eigenvalue weighted by atomic mass is 19.1. The molecule has 4 nitrogen and oxygen atoms in total. The first-order valence-electron chi connectivity index (χ1n) is 11.5. The lowest BCUT2D eigenvalue weighted by atomic mass is 10.1. The molecule has 0 unspecified atom stereocenters. The van der Waals surface area contributed by atoms with Gasteiger partial charge in [0, 0.05) is 17.4 Å². The van der Waals surface area contributed by atoms with Gasteiger partial charge in [0.25, 0.3) is 5.91 Å². The van der Waals surface area contributed by atoms with Crippen molar-refractivity contribution in [1.29, 1.82) is 0 Å². The fraction of sp³-hybridized carbons (Fsp3) is 0.370. The third-order valence-electron chi connectivity index (χ3n) is 6.03. The maximum Gasteiger partial charge on any atom is 0.253 e.